The summed E-state index contributed by atoms with van der Waals surface area (Å²) < 4.78 is 5.66. The van der Waals surface area contributed by atoms with Crippen LogP contribution in [0.25, 0.3) is 0 Å². The van der Waals surface area contributed by atoms with Gasteiger partial charge in [0.2, 0.25) is 0 Å². The Morgan fingerprint density at radius 3 is 2.73 bits per heavy atom. The third-order valence-electron chi connectivity index (χ3n) is 3.30. The highest BCUT2D eigenvalue weighted by Gasteiger charge is 2.15. The van der Waals surface area contributed by atoms with E-state index in [0.29, 0.717) is 17.9 Å². The maximum Gasteiger partial charge on any atom is 0.0699 e. The molecule has 1 heterocycles. The van der Waals surface area contributed by atoms with E-state index in [4.69, 9.17) is 10.5 Å². The molecule has 0 aromatic heterocycles. The smallest absolute Gasteiger partial charge is 0.0699 e. The lowest BCUT2D eigenvalue weighted by Gasteiger charge is -2.25. The molecule has 15 heavy (non-hydrogen) atoms. The molecule has 0 aromatic carbocycles. The summed E-state index contributed by atoms with van der Waals surface area (Å²) in [5, 5.41) is 3.48. The number of nitrogens with one attached hydrogen (secondary N) is 1. The van der Waals surface area contributed by atoms with Crippen molar-refractivity contribution in [3.63, 3.8) is 0 Å². The normalized spacial score (nSPS) is 24.4. The number of hydrogen-bond acceptors (Lipinski definition) is 3. The van der Waals surface area contributed by atoms with E-state index in [2.05, 4.69) is 19.2 Å². The van der Waals surface area contributed by atoms with Crippen LogP contribution in [0, 0.1) is 11.8 Å². The van der Waals surface area contributed by atoms with E-state index in [0.717, 1.165) is 26.2 Å². The van der Waals surface area contributed by atoms with Crippen LogP contribution in [0.4, 0.5) is 0 Å². The highest BCUT2D eigenvalue weighted by atomic mass is 16.5. The monoisotopic (exact) mass is 214 g/mol. The quantitative estimate of drug-likeness (QED) is 0.702. The predicted molar refractivity (Wildman–Crippen MR) is 63.8 cm³/mol. The van der Waals surface area contributed by atoms with Crippen LogP contribution in [0.3, 0.4) is 0 Å². The van der Waals surface area contributed by atoms with E-state index in [1.165, 1.54) is 19.3 Å². The Labute approximate surface area is 93.8 Å². The molecule has 1 aliphatic heterocycles. The van der Waals surface area contributed by atoms with E-state index in [1.807, 2.05) is 0 Å². The molecule has 1 fully saturated rings. The van der Waals surface area contributed by atoms with Gasteiger partial charge in [0.1, 0.15) is 0 Å². The van der Waals surface area contributed by atoms with Gasteiger partial charge in [-0.05, 0) is 44.2 Å². The second-order valence-corrected chi connectivity index (χ2v) is 4.89. The molecule has 2 atom stereocenters. The van der Waals surface area contributed by atoms with E-state index in [-0.39, 0.29) is 0 Å². The first-order valence-corrected chi connectivity index (χ1v) is 6.26. The second-order valence-electron chi connectivity index (χ2n) is 4.89. The molecule has 0 saturated carbocycles. The summed E-state index contributed by atoms with van der Waals surface area (Å²) in [6, 6.07) is 0. The van der Waals surface area contributed by atoms with Gasteiger partial charge in [0, 0.05) is 13.2 Å². The molecule has 3 N–H and O–H groups in total. The number of rotatable bonds is 6. The molecular formula is C12H26N2O. The summed E-state index contributed by atoms with van der Waals surface area (Å²) in [4.78, 5) is 0. The molecule has 1 saturated heterocycles. The third kappa shape index (κ3) is 4.96. The number of ether oxygens (including phenoxy) is 1. The molecule has 0 aliphatic carbocycles. The van der Waals surface area contributed by atoms with Crippen molar-refractivity contribution >= 4 is 0 Å². The molecule has 1 aliphatic rings. The average molecular weight is 214 g/mol. The fourth-order valence-electron chi connectivity index (χ4n) is 1.99. The largest absolute Gasteiger partial charge is 0.377 e. The van der Waals surface area contributed by atoms with E-state index in [9.17, 15) is 0 Å². The molecule has 0 spiro atoms. The van der Waals surface area contributed by atoms with Gasteiger partial charge in [-0.1, -0.05) is 13.8 Å². The van der Waals surface area contributed by atoms with Crippen molar-refractivity contribution in [3.8, 4) is 0 Å². The maximum absolute atomic E-state index is 5.72. The van der Waals surface area contributed by atoms with Gasteiger partial charge in [0.15, 0.2) is 0 Å². The Morgan fingerprint density at radius 2 is 2.20 bits per heavy atom. The molecule has 0 amide bonds. The maximum atomic E-state index is 5.72. The topological polar surface area (TPSA) is 47.3 Å². The van der Waals surface area contributed by atoms with Gasteiger partial charge in [0.25, 0.3) is 0 Å². The zero-order valence-corrected chi connectivity index (χ0v) is 10.2. The van der Waals surface area contributed by atoms with Crippen molar-refractivity contribution in [2.24, 2.45) is 17.6 Å². The van der Waals surface area contributed by atoms with Crippen molar-refractivity contribution in [3.05, 3.63) is 0 Å². The fraction of sp³-hybridized carbons (Fsp3) is 1.00. The Morgan fingerprint density at radius 1 is 1.40 bits per heavy atom. The summed E-state index contributed by atoms with van der Waals surface area (Å²) in [7, 11) is 0. The van der Waals surface area contributed by atoms with Gasteiger partial charge in [0.05, 0.1) is 6.10 Å². The minimum absolute atomic E-state index is 0.435. The lowest BCUT2D eigenvalue weighted by atomic mass is 9.96. The summed E-state index contributed by atoms with van der Waals surface area (Å²) in [5.74, 6) is 1.25. The third-order valence-corrected chi connectivity index (χ3v) is 3.30. The van der Waals surface area contributed by atoms with E-state index >= 15 is 0 Å². The van der Waals surface area contributed by atoms with Gasteiger partial charge in [-0.2, -0.15) is 0 Å². The Kier molecular flexibility index (Phi) is 6.22. The first-order chi connectivity index (χ1) is 7.24. The molecular weight excluding hydrogens is 188 g/mol. The van der Waals surface area contributed by atoms with Crippen LogP contribution in [0.2, 0.25) is 0 Å². The molecule has 90 valence electrons. The van der Waals surface area contributed by atoms with Crippen molar-refractivity contribution in [1.29, 1.82) is 0 Å². The summed E-state index contributed by atoms with van der Waals surface area (Å²) in [5.41, 5.74) is 5.72. The molecule has 3 nitrogen and oxygen atoms in total. The van der Waals surface area contributed by atoms with Crippen LogP contribution in [-0.4, -0.2) is 32.3 Å². The minimum atomic E-state index is 0.435. The second kappa shape index (κ2) is 7.20. The van der Waals surface area contributed by atoms with Gasteiger partial charge in [-0.15, -0.1) is 0 Å². The van der Waals surface area contributed by atoms with Crippen molar-refractivity contribution < 1.29 is 4.74 Å². The van der Waals surface area contributed by atoms with Crippen LogP contribution in [-0.2, 0) is 4.74 Å². The highest BCUT2D eigenvalue weighted by molar-refractivity contribution is 4.70. The zero-order chi connectivity index (χ0) is 11.1. The standard InChI is InChI=1S/C12H26N2O/c1-10(2)11(7-13)8-14-9-12-5-3-4-6-15-12/h10-12,14H,3-9,13H2,1-2H3. The van der Waals surface area contributed by atoms with Gasteiger partial charge in [-0.25, -0.2) is 0 Å². The van der Waals surface area contributed by atoms with Crippen LogP contribution >= 0.6 is 0 Å². The Bertz CT molecular complexity index is 156. The summed E-state index contributed by atoms with van der Waals surface area (Å²) in [6.07, 6.45) is 4.19. The van der Waals surface area contributed by atoms with Crippen molar-refractivity contribution in [1.82, 2.24) is 5.32 Å². The molecule has 3 heteroatoms. The summed E-state index contributed by atoms with van der Waals surface area (Å²) >= 11 is 0. The van der Waals surface area contributed by atoms with E-state index < -0.39 is 0 Å². The first-order valence-electron chi connectivity index (χ1n) is 6.26. The van der Waals surface area contributed by atoms with Crippen LogP contribution in [0.1, 0.15) is 33.1 Å². The predicted octanol–water partition coefficient (Wildman–Crippen LogP) is 1.38. The molecule has 0 radical (unpaired) electrons. The highest BCUT2D eigenvalue weighted by Crippen LogP contribution is 2.12. The number of nitrogens with two attached hydrogens (primary N) is 1. The molecule has 1 rings (SSSR count). The fourth-order valence-corrected chi connectivity index (χ4v) is 1.99. The lowest BCUT2D eigenvalue weighted by molar-refractivity contribution is 0.0163. The zero-order valence-electron chi connectivity index (χ0n) is 10.2. The van der Waals surface area contributed by atoms with Gasteiger partial charge < -0.3 is 15.8 Å². The number of hydrogen-bond donors (Lipinski definition) is 2. The molecule has 0 bridgehead atoms. The van der Waals surface area contributed by atoms with Crippen LogP contribution < -0.4 is 11.1 Å². The molecule has 2 unspecified atom stereocenters. The van der Waals surface area contributed by atoms with E-state index in [1.54, 1.807) is 0 Å². The van der Waals surface area contributed by atoms with Crippen molar-refractivity contribution in [2.45, 2.75) is 39.2 Å². The molecule has 0 aromatic rings. The van der Waals surface area contributed by atoms with Crippen molar-refractivity contribution in [2.75, 3.05) is 26.2 Å². The average Bonchev–Trinajstić information content (AvgIpc) is 2.25. The Hall–Kier alpha value is -0.120. The summed E-state index contributed by atoms with van der Waals surface area (Å²) in [6.45, 7) is 8.19. The lowest BCUT2D eigenvalue weighted by Crippen LogP contribution is -2.37. The van der Waals surface area contributed by atoms with Gasteiger partial charge >= 0.3 is 0 Å². The Balaban J connectivity index is 2.08. The van der Waals surface area contributed by atoms with Crippen LogP contribution in [0.15, 0.2) is 0 Å². The SMILES string of the molecule is CC(C)C(CN)CNCC1CCCCO1. The van der Waals surface area contributed by atoms with Gasteiger partial charge in [-0.3, -0.25) is 0 Å². The van der Waals surface area contributed by atoms with Crippen LogP contribution in [0.5, 0.6) is 0 Å². The minimum Gasteiger partial charge on any atom is -0.377 e. The first kappa shape index (κ1) is 12.9.